The molecule has 0 amide bonds. The van der Waals surface area contributed by atoms with Crippen LogP contribution in [0.25, 0.3) is 0 Å². The number of halogens is 3. The third-order valence-electron chi connectivity index (χ3n) is 12.4. The third kappa shape index (κ3) is 5.18. The zero-order valence-corrected chi connectivity index (χ0v) is 24.8. The van der Waals surface area contributed by atoms with Gasteiger partial charge in [0.25, 0.3) is 0 Å². The van der Waals surface area contributed by atoms with Crippen molar-refractivity contribution in [2.75, 3.05) is 6.61 Å². The lowest BCUT2D eigenvalue weighted by molar-refractivity contribution is -0.153. The van der Waals surface area contributed by atoms with Gasteiger partial charge in [0, 0.05) is 5.25 Å². The number of nitrogens with zero attached hydrogens (tertiary/aromatic N) is 1. The van der Waals surface area contributed by atoms with Gasteiger partial charge in [0.2, 0.25) is 0 Å². The Kier molecular flexibility index (Phi) is 7.59. The monoisotopic (exact) mass is 561 g/mol. The zero-order chi connectivity index (χ0) is 27.4. The molecule has 0 aromatic heterocycles. The predicted octanol–water partition coefficient (Wildman–Crippen LogP) is 9.91. The van der Waals surface area contributed by atoms with E-state index < -0.39 is 12.8 Å². The molecule has 4 saturated carbocycles. The summed E-state index contributed by atoms with van der Waals surface area (Å²) in [6, 6.07) is 6.94. The number of hydrogen-bond acceptors (Lipinski definition) is 3. The Morgan fingerprint density at radius 2 is 1.69 bits per heavy atom. The molecule has 4 fully saturated rings. The average molecular weight is 562 g/mol. The summed E-state index contributed by atoms with van der Waals surface area (Å²) in [5, 5.41) is 0.549. The summed E-state index contributed by atoms with van der Waals surface area (Å²) in [6.07, 6.45) is 12.3. The molecule has 4 aliphatic carbocycles. The number of benzene rings is 1. The van der Waals surface area contributed by atoms with Crippen molar-refractivity contribution in [3.63, 3.8) is 0 Å². The van der Waals surface area contributed by atoms with Crippen molar-refractivity contribution in [3.8, 4) is 5.75 Å². The van der Waals surface area contributed by atoms with Gasteiger partial charge in [0.15, 0.2) is 6.61 Å². The summed E-state index contributed by atoms with van der Waals surface area (Å²) < 4.78 is 47.1. The number of hydrogen-bond donors (Lipinski definition) is 0. The van der Waals surface area contributed by atoms with Crippen LogP contribution in [0.2, 0.25) is 0 Å². The molecule has 0 radical (unpaired) electrons. The van der Waals surface area contributed by atoms with E-state index >= 15 is 0 Å². The maximum Gasteiger partial charge on any atom is 0.422 e. The van der Waals surface area contributed by atoms with Gasteiger partial charge < -0.3 is 4.74 Å². The highest BCUT2D eigenvalue weighted by Crippen LogP contribution is 2.68. The SMILES string of the molecule is CC(C1CCC(c2ccc(OCC(F)(F)F)cc2)=NS1)[C@H]1CC[C@H]2[C@@H]3CC[C@H]4CCCC[C@]4(C)[C@H]3CC[C@]12C. The second kappa shape index (κ2) is 10.6. The van der Waals surface area contributed by atoms with Crippen LogP contribution in [0.3, 0.4) is 0 Å². The molecule has 1 aliphatic heterocycles. The minimum Gasteiger partial charge on any atom is -0.484 e. The first-order chi connectivity index (χ1) is 18.6. The lowest BCUT2D eigenvalue weighted by Gasteiger charge is -2.61. The van der Waals surface area contributed by atoms with Crippen LogP contribution in [-0.2, 0) is 0 Å². The first-order valence-corrected chi connectivity index (χ1v) is 16.4. The predicted molar refractivity (Wildman–Crippen MR) is 154 cm³/mol. The average Bonchev–Trinajstić information content (AvgIpc) is 3.28. The van der Waals surface area contributed by atoms with Crippen molar-refractivity contribution in [2.45, 2.75) is 109 Å². The van der Waals surface area contributed by atoms with Crippen LogP contribution in [0.1, 0.15) is 103 Å². The molecule has 5 aliphatic rings. The summed E-state index contributed by atoms with van der Waals surface area (Å²) in [6.45, 7) is 6.60. The number of rotatable bonds is 5. The minimum atomic E-state index is -4.32. The van der Waals surface area contributed by atoms with Crippen LogP contribution >= 0.6 is 11.9 Å². The van der Waals surface area contributed by atoms with Crippen LogP contribution in [0, 0.1) is 46.3 Å². The Balaban J connectivity index is 1.09. The van der Waals surface area contributed by atoms with E-state index in [1.54, 1.807) is 24.1 Å². The van der Waals surface area contributed by atoms with Crippen molar-refractivity contribution in [2.24, 2.45) is 50.7 Å². The van der Waals surface area contributed by atoms with Gasteiger partial charge in [-0.1, -0.05) is 33.6 Å². The molecule has 9 atom stereocenters. The zero-order valence-electron chi connectivity index (χ0n) is 23.9. The second-order valence-electron chi connectivity index (χ2n) is 14.1. The molecule has 1 aromatic carbocycles. The van der Waals surface area contributed by atoms with E-state index in [0.29, 0.717) is 22.0 Å². The third-order valence-corrected chi connectivity index (χ3v) is 13.7. The molecule has 1 aromatic rings. The van der Waals surface area contributed by atoms with Crippen LogP contribution < -0.4 is 4.74 Å². The van der Waals surface area contributed by atoms with Gasteiger partial charge in [0.1, 0.15) is 5.75 Å². The number of fused-ring (bicyclic) bond motifs is 5. The van der Waals surface area contributed by atoms with Crippen molar-refractivity contribution in [3.05, 3.63) is 29.8 Å². The fourth-order valence-electron chi connectivity index (χ4n) is 10.4. The highest BCUT2D eigenvalue weighted by molar-refractivity contribution is 7.98. The van der Waals surface area contributed by atoms with Gasteiger partial charge in [-0.05, 0) is 152 Å². The number of alkyl halides is 3. The fourth-order valence-corrected chi connectivity index (χ4v) is 11.5. The van der Waals surface area contributed by atoms with Gasteiger partial charge >= 0.3 is 6.18 Å². The van der Waals surface area contributed by atoms with E-state index in [0.717, 1.165) is 53.7 Å². The summed E-state index contributed by atoms with van der Waals surface area (Å²) >= 11 is 1.76. The molecule has 6 rings (SSSR count). The van der Waals surface area contributed by atoms with E-state index in [4.69, 9.17) is 9.13 Å². The first kappa shape index (κ1) is 28.0. The second-order valence-corrected chi connectivity index (χ2v) is 15.1. The van der Waals surface area contributed by atoms with Gasteiger partial charge in [-0.2, -0.15) is 13.2 Å². The van der Waals surface area contributed by atoms with Gasteiger partial charge in [-0.25, -0.2) is 4.40 Å². The van der Waals surface area contributed by atoms with Crippen LogP contribution in [0.15, 0.2) is 28.7 Å². The van der Waals surface area contributed by atoms with E-state index in [2.05, 4.69) is 20.8 Å². The van der Waals surface area contributed by atoms with Crippen LogP contribution in [0.4, 0.5) is 13.2 Å². The van der Waals surface area contributed by atoms with E-state index in [-0.39, 0.29) is 5.75 Å². The summed E-state index contributed by atoms with van der Waals surface area (Å²) in [5.74, 6) is 5.51. The van der Waals surface area contributed by atoms with E-state index in [1.807, 2.05) is 12.1 Å². The highest BCUT2D eigenvalue weighted by Gasteiger charge is 2.60. The molecule has 2 nitrogen and oxygen atoms in total. The minimum absolute atomic E-state index is 0.247. The summed E-state index contributed by atoms with van der Waals surface area (Å²) in [5.41, 5.74) is 3.14. The Morgan fingerprint density at radius 1 is 0.923 bits per heavy atom. The molecular weight excluding hydrogens is 515 g/mol. The topological polar surface area (TPSA) is 21.6 Å². The molecule has 1 heterocycles. The lowest BCUT2D eigenvalue weighted by Crippen LogP contribution is -2.53. The molecular formula is C33H46F3NOS. The normalized spacial score (nSPS) is 41.1. The van der Waals surface area contributed by atoms with Crippen molar-refractivity contribution < 1.29 is 17.9 Å². The molecule has 216 valence electrons. The van der Waals surface area contributed by atoms with Crippen LogP contribution in [-0.4, -0.2) is 23.7 Å². The fraction of sp³-hybridized carbons (Fsp3) is 0.788. The largest absolute Gasteiger partial charge is 0.484 e. The molecule has 6 heteroatoms. The van der Waals surface area contributed by atoms with Crippen molar-refractivity contribution >= 4 is 17.7 Å². The summed E-state index contributed by atoms with van der Waals surface area (Å²) in [4.78, 5) is 0. The van der Waals surface area contributed by atoms with E-state index in [1.165, 1.54) is 64.2 Å². The molecule has 0 bridgehead atoms. The molecule has 39 heavy (non-hydrogen) atoms. The van der Waals surface area contributed by atoms with Crippen LogP contribution in [0.5, 0.6) is 5.75 Å². The molecule has 0 N–H and O–H groups in total. The molecule has 2 unspecified atom stereocenters. The van der Waals surface area contributed by atoms with Gasteiger partial charge in [0.05, 0.1) is 5.71 Å². The number of ether oxygens (including phenoxy) is 1. The quantitative estimate of drug-likeness (QED) is 0.334. The standard InChI is InChI=1S/C33H46F3NOS/c1-21(30-16-15-29(37-39-30)22-7-10-24(11-8-22)38-20-33(34,35)36)26-13-14-27-25-12-9-23-6-4-5-18-31(23,2)28(25)17-19-32(26,27)3/h7-8,10-11,21,23,25-28,30H,4-6,9,12-20H2,1-3H3/t21?,23-,25+,26-,27+,28+,30?,31+,32-/m1/s1. The lowest BCUT2D eigenvalue weighted by atomic mass is 9.44. The Hall–Kier alpha value is -1.17. The van der Waals surface area contributed by atoms with Crippen molar-refractivity contribution in [1.82, 2.24) is 0 Å². The maximum atomic E-state index is 12.4. The Labute approximate surface area is 237 Å². The highest BCUT2D eigenvalue weighted by atomic mass is 32.2. The van der Waals surface area contributed by atoms with E-state index in [9.17, 15) is 13.2 Å². The first-order valence-electron chi connectivity index (χ1n) is 15.6. The molecule has 0 saturated heterocycles. The van der Waals surface area contributed by atoms with Gasteiger partial charge in [-0.3, -0.25) is 0 Å². The van der Waals surface area contributed by atoms with Crippen molar-refractivity contribution in [1.29, 1.82) is 0 Å². The smallest absolute Gasteiger partial charge is 0.422 e. The van der Waals surface area contributed by atoms with Gasteiger partial charge in [-0.15, -0.1) is 0 Å². The maximum absolute atomic E-state index is 12.4. The summed E-state index contributed by atoms with van der Waals surface area (Å²) in [7, 11) is 0. The Morgan fingerprint density at radius 3 is 2.41 bits per heavy atom. The molecule has 0 spiro atoms. The Bertz CT molecular complexity index is 1060.